The third-order valence-corrected chi connectivity index (χ3v) is 3.46. The Morgan fingerprint density at radius 1 is 1.05 bits per heavy atom. The molecule has 2 rings (SSSR count). The van der Waals surface area contributed by atoms with Crippen LogP contribution in [0.4, 0.5) is 0 Å². The van der Waals surface area contributed by atoms with Gasteiger partial charge >= 0.3 is 0 Å². The lowest BCUT2D eigenvalue weighted by Crippen LogP contribution is -2.28. The number of aryl methyl sites for hydroxylation is 1. The fourth-order valence-electron chi connectivity index (χ4n) is 2.12. The van der Waals surface area contributed by atoms with Crippen molar-refractivity contribution >= 4 is 5.91 Å². The zero-order valence-corrected chi connectivity index (χ0v) is 12.1. The van der Waals surface area contributed by atoms with Gasteiger partial charge in [-0.25, -0.2) is 0 Å². The quantitative estimate of drug-likeness (QED) is 0.883. The van der Waals surface area contributed by atoms with Crippen LogP contribution in [-0.2, 0) is 11.2 Å². The van der Waals surface area contributed by atoms with Gasteiger partial charge < -0.3 is 5.32 Å². The van der Waals surface area contributed by atoms with Gasteiger partial charge in [0.05, 0.1) is 6.42 Å². The second kappa shape index (κ2) is 6.90. The molecule has 0 fully saturated rings. The molecule has 1 unspecified atom stereocenters. The van der Waals surface area contributed by atoms with Crippen LogP contribution < -0.4 is 5.32 Å². The molecule has 1 amide bonds. The summed E-state index contributed by atoms with van der Waals surface area (Å²) in [5.41, 5.74) is 3.52. The van der Waals surface area contributed by atoms with E-state index >= 15 is 0 Å². The largest absolute Gasteiger partial charge is 0.355 e. The van der Waals surface area contributed by atoms with Crippen LogP contribution in [0.1, 0.15) is 29.5 Å². The van der Waals surface area contributed by atoms with Crippen LogP contribution in [0.15, 0.2) is 54.6 Å². The summed E-state index contributed by atoms with van der Waals surface area (Å²) in [6.45, 7) is 4.85. The van der Waals surface area contributed by atoms with E-state index in [1.165, 1.54) is 11.1 Å². The van der Waals surface area contributed by atoms with Crippen LogP contribution >= 0.6 is 0 Å². The molecule has 0 aliphatic rings. The van der Waals surface area contributed by atoms with E-state index in [1.807, 2.05) is 49.4 Å². The van der Waals surface area contributed by atoms with Gasteiger partial charge in [0.15, 0.2) is 0 Å². The monoisotopic (exact) mass is 267 g/mol. The molecule has 0 radical (unpaired) electrons. The van der Waals surface area contributed by atoms with Crippen LogP contribution in [0.25, 0.3) is 0 Å². The molecule has 104 valence electrons. The van der Waals surface area contributed by atoms with Gasteiger partial charge in [-0.05, 0) is 24.0 Å². The highest BCUT2D eigenvalue weighted by atomic mass is 16.1. The van der Waals surface area contributed by atoms with Crippen molar-refractivity contribution < 1.29 is 4.79 Å². The third-order valence-electron chi connectivity index (χ3n) is 3.46. The van der Waals surface area contributed by atoms with E-state index in [-0.39, 0.29) is 5.91 Å². The maximum Gasteiger partial charge on any atom is 0.224 e. The molecule has 2 heteroatoms. The Morgan fingerprint density at radius 3 is 2.35 bits per heavy atom. The zero-order chi connectivity index (χ0) is 14.4. The van der Waals surface area contributed by atoms with Crippen LogP contribution in [0.2, 0.25) is 0 Å². The minimum absolute atomic E-state index is 0.0802. The molecule has 0 spiro atoms. The molecule has 0 bridgehead atoms. The van der Waals surface area contributed by atoms with E-state index in [1.54, 1.807) is 0 Å². The minimum Gasteiger partial charge on any atom is -0.355 e. The summed E-state index contributed by atoms with van der Waals surface area (Å²) in [6.07, 6.45) is 0.446. The standard InChI is InChI=1S/C18H21NO/c1-14-8-10-16(11-9-14)12-18(20)19-13-15(2)17-6-4-3-5-7-17/h3-11,15H,12-13H2,1-2H3,(H,19,20). The highest BCUT2D eigenvalue weighted by molar-refractivity contribution is 5.78. The number of carbonyl (C=O) groups is 1. The van der Waals surface area contributed by atoms with Gasteiger partial charge in [-0.2, -0.15) is 0 Å². The molecular weight excluding hydrogens is 246 g/mol. The number of hydrogen-bond donors (Lipinski definition) is 1. The van der Waals surface area contributed by atoms with E-state index < -0.39 is 0 Å². The van der Waals surface area contributed by atoms with Gasteiger partial charge in [0.2, 0.25) is 5.91 Å². The summed E-state index contributed by atoms with van der Waals surface area (Å²) in [4.78, 5) is 11.9. The van der Waals surface area contributed by atoms with Crippen molar-refractivity contribution in [2.45, 2.75) is 26.2 Å². The fraction of sp³-hybridized carbons (Fsp3) is 0.278. The topological polar surface area (TPSA) is 29.1 Å². The molecule has 20 heavy (non-hydrogen) atoms. The van der Waals surface area contributed by atoms with E-state index in [4.69, 9.17) is 0 Å². The van der Waals surface area contributed by atoms with Gasteiger partial charge in [0.25, 0.3) is 0 Å². The van der Waals surface area contributed by atoms with Crippen molar-refractivity contribution in [1.82, 2.24) is 5.32 Å². The lowest BCUT2D eigenvalue weighted by atomic mass is 10.0. The smallest absolute Gasteiger partial charge is 0.224 e. The molecule has 2 aromatic carbocycles. The molecule has 0 saturated heterocycles. The van der Waals surface area contributed by atoms with Gasteiger partial charge in [-0.1, -0.05) is 67.1 Å². The highest BCUT2D eigenvalue weighted by Gasteiger charge is 2.08. The average molecular weight is 267 g/mol. The molecule has 2 aromatic rings. The number of carbonyl (C=O) groups excluding carboxylic acids is 1. The summed E-state index contributed by atoms with van der Waals surface area (Å²) < 4.78 is 0. The average Bonchev–Trinajstić information content (AvgIpc) is 2.48. The zero-order valence-electron chi connectivity index (χ0n) is 12.1. The number of hydrogen-bond acceptors (Lipinski definition) is 1. The Hall–Kier alpha value is -2.09. The van der Waals surface area contributed by atoms with Crippen molar-refractivity contribution in [2.24, 2.45) is 0 Å². The van der Waals surface area contributed by atoms with E-state index in [0.717, 1.165) is 5.56 Å². The summed E-state index contributed by atoms with van der Waals surface area (Å²) in [5, 5.41) is 3.01. The van der Waals surface area contributed by atoms with Crippen LogP contribution in [-0.4, -0.2) is 12.5 Å². The number of nitrogens with one attached hydrogen (secondary N) is 1. The number of benzene rings is 2. The molecule has 2 nitrogen and oxygen atoms in total. The second-order valence-corrected chi connectivity index (χ2v) is 5.28. The molecule has 0 heterocycles. The fourth-order valence-corrected chi connectivity index (χ4v) is 2.12. The Kier molecular flexibility index (Phi) is 4.94. The predicted octanol–water partition coefficient (Wildman–Crippen LogP) is 3.46. The van der Waals surface area contributed by atoms with Gasteiger partial charge in [0, 0.05) is 6.54 Å². The maximum absolute atomic E-state index is 11.9. The first-order chi connectivity index (χ1) is 9.65. The third kappa shape index (κ3) is 4.23. The van der Waals surface area contributed by atoms with Crippen molar-refractivity contribution in [3.63, 3.8) is 0 Å². The van der Waals surface area contributed by atoms with E-state index in [2.05, 4.69) is 24.4 Å². The van der Waals surface area contributed by atoms with Crippen LogP contribution in [0, 0.1) is 6.92 Å². The second-order valence-electron chi connectivity index (χ2n) is 5.28. The van der Waals surface area contributed by atoms with Crippen LogP contribution in [0.5, 0.6) is 0 Å². The lowest BCUT2D eigenvalue weighted by Gasteiger charge is -2.13. The molecular formula is C18H21NO. The first kappa shape index (κ1) is 14.3. The Bertz CT molecular complexity index is 545. The predicted molar refractivity (Wildman–Crippen MR) is 82.7 cm³/mol. The van der Waals surface area contributed by atoms with Crippen molar-refractivity contribution in [1.29, 1.82) is 0 Å². The van der Waals surface area contributed by atoms with Gasteiger partial charge in [0.1, 0.15) is 0 Å². The molecule has 0 aliphatic carbocycles. The number of rotatable bonds is 5. The molecule has 1 atom stereocenters. The SMILES string of the molecule is Cc1ccc(CC(=O)NCC(C)c2ccccc2)cc1. The summed E-state index contributed by atoms with van der Waals surface area (Å²) >= 11 is 0. The van der Waals surface area contributed by atoms with Crippen molar-refractivity contribution in [2.75, 3.05) is 6.54 Å². The normalized spacial score (nSPS) is 11.9. The lowest BCUT2D eigenvalue weighted by molar-refractivity contribution is -0.120. The first-order valence-corrected chi connectivity index (χ1v) is 7.02. The Morgan fingerprint density at radius 2 is 1.70 bits per heavy atom. The Balaban J connectivity index is 1.82. The van der Waals surface area contributed by atoms with Crippen molar-refractivity contribution in [3.8, 4) is 0 Å². The summed E-state index contributed by atoms with van der Waals surface area (Å²) in [7, 11) is 0. The maximum atomic E-state index is 11.9. The Labute approximate surface area is 120 Å². The molecule has 0 aliphatic heterocycles. The number of amides is 1. The van der Waals surface area contributed by atoms with Gasteiger partial charge in [-0.15, -0.1) is 0 Å². The van der Waals surface area contributed by atoms with E-state index in [0.29, 0.717) is 18.9 Å². The highest BCUT2D eigenvalue weighted by Crippen LogP contribution is 2.13. The molecule has 0 aromatic heterocycles. The molecule has 1 N–H and O–H groups in total. The summed E-state index contributed by atoms with van der Waals surface area (Å²) in [5.74, 6) is 0.412. The van der Waals surface area contributed by atoms with Crippen LogP contribution in [0.3, 0.4) is 0 Å². The minimum atomic E-state index is 0.0802. The van der Waals surface area contributed by atoms with Crippen molar-refractivity contribution in [3.05, 3.63) is 71.3 Å². The van der Waals surface area contributed by atoms with Gasteiger partial charge in [-0.3, -0.25) is 4.79 Å². The first-order valence-electron chi connectivity index (χ1n) is 7.02. The summed E-state index contributed by atoms with van der Waals surface area (Å²) in [6, 6.07) is 18.3. The molecule has 0 saturated carbocycles. The van der Waals surface area contributed by atoms with E-state index in [9.17, 15) is 4.79 Å².